The molecule has 1 amide bonds. The molecule has 0 bridgehead atoms. The van der Waals surface area contributed by atoms with Crippen molar-refractivity contribution in [1.82, 2.24) is 4.90 Å². The molecule has 0 radical (unpaired) electrons. The van der Waals surface area contributed by atoms with Crippen LogP contribution in [0.2, 0.25) is 0 Å². The highest BCUT2D eigenvalue weighted by molar-refractivity contribution is 5.77. The lowest BCUT2D eigenvalue weighted by atomic mass is 10.2. The van der Waals surface area contributed by atoms with Gasteiger partial charge in [0.2, 0.25) is 0 Å². The van der Waals surface area contributed by atoms with Crippen molar-refractivity contribution in [1.29, 1.82) is 5.26 Å². The fourth-order valence-corrected chi connectivity index (χ4v) is 1.87. The fourth-order valence-electron chi connectivity index (χ4n) is 1.87. The Morgan fingerprint density at radius 2 is 1.75 bits per heavy atom. The van der Waals surface area contributed by atoms with Crippen molar-refractivity contribution in [2.45, 2.75) is 6.61 Å². The van der Waals surface area contributed by atoms with Crippen LogP contribution in [0.15, 0.2) is 48.5 Å². The maximum absolute atomic E-state index is 12.9. The van der Waals surface area contributed by atoms with Crippen LogP contribution in [0.5, 0.6) is 11.5 Å². The molecule has 24 heavy (non-hydrogen) atoms. The van der Waals surface area contributed by atoms with E-state index >= 15 is 0 Å². The molecule has 0 heterocycles. The second kappa shape index (κ2) is 8.53. The van der Waals surface area contributed by atoms with Crippen LogP contribution in [-0.2, 0) is 11.4 Å². The molecular weight excluding hydrogens is 311 g/mol. The van der Waals surface area contributed by atoms with Crippen LogP contribution in [0.4, 0.5) is 4.39 Å². The Morgan fingerprint density at radius 3 is 2.38 bits per heavy atom. The molecule has 0 spiro atoms. The molecule has 0 saturated carbocycles. The molecule has 0 saturated heterocycles. The summed E-state index contributed by atoms with van der Waals surface area (Å²) in [7, 11) is 1.53. The van der Waals surface area contributed by atoms with Gasteiger partial charge < -0.3 is 14.4 Å². The lowest BCUT2D eigenvalue weighted by molar-refractivity contribution is -0.131. The lowest BCUT2D eigenvalue weighted by Gasteiger charge is -2.15. The van der Waals surface area contributed by atoms with Gasteiger partial charge in [0.1, 0.15) is 19.0 Å². The Hall–Kier alpha value is -3.07. The van der Waals surface area contributed by atoms with Crippen molar-refractivity contribution in [2.24, 2.45) is 0 Å². The van der Waals surface area contributed by atoms with E-state index in [4.69, 9.17) is 14.7 Å². The molecule has 0 aliphatic rings. The van der Waals surface area contributed by atoms with Crippen LogP contribution in [0.3, 0.4) is 0 Å². The zero-order chi connectivity index (χ0) is 17.4. The number of nitrogens with zero attached hydrogens (tertiary/aromatic N) is 2. The number of carbonyl (C=O) groups excluding carboxylic acids is 1. The van der Waals surface area contributed by atoms with Crippen molar-refractivity contribution in [3.05, 3.63) is 59.9 Å². The van der Waals surface area contributed by atoms with Gasteiger partial charge in [-0.05, 0) is 29.8 Å². The van der Waals surface area contributed by atoms with Crippen molar-refractivity contribution in [3.8, 4) is 17.6 Å². The maximum atomic E-state index is 12.9. The van der Waals surface area contributed by atoms with Gasteiger partial charge in [-0.2, -0.15) is 5.26 Å². The second-order valence-electron chi connectivity index (χ2n) is 5.06. The van der Waals surface area contributed by atoms with Crippen molar-refractivity contribution < 1.29 is 18.7 Å². The number of halogens is 1. The number of likely N-dealkylation sites (N-methyl/N-ethyl adjacent to an activating group) is 1. The molecule has 0 fully saturated rings. The first-order valence-corrected chi connectivity index (χ1v) is 7.30. The Bertz CT molecular complexity index is 726. The molecule has 6 heteroatoms. The van der Waals surface area contributed by atoms with Crippen molar-refractivity contribution in [3.63, 3.8) is 0 Å². The first-order chi connectivity index (χ1) is 11.6. The number of hydrogen-bond donors (Lipinski definition) is 0. The summed E-state index contributed by atoms with van der Waals surface area (Å²) in [6.45, 7) is 0.0724. The SMILES string of the molecule is CN(CC#N)C(=O)COc1ccccc1OCc1ccc(F)cc1. The number of rotatable bonds is 7. The molecule has 0 aliphatic heterocycles. The average Bonchev–Trinajstić information content (AvgIpc) is 2.60. The third-order valence-electron chi connectivity index (χ3n) is 3.24. The first kappa shape index (κ1) is 17.3. The standard InChI is InChI=1S/C18H17FN2O3/c1-21(11-10-20)18(22)13-24-17-5-3-2-4-16(17)23-12-14-6-8-15(19)9-7-14/h2-9H,11-13H2,1H3. The zero-order valence-electron chi connectivity index (χ0n) is 13.2. The predicted molar refractivity (Wildman–Crippen MR) is 85.9 cm³/mol. The van der Waals surface area contributed by atoms with E-state index in [2.05, 4.69) is 0 Å². The molecule has 5 nitrogen and oxygen atoms in total. The number of benzene rings is 2. The van der Waals surface area contributed by atoms with E-state index in [1.165, 1.54) is 24.1 Å². The molecule has 2 aromatic carbocycles. The summed E-state index contributed by atoms with van der Waals surface area (Å²) < 4.78 is 24.1. The third-order valence-corrected chi connectivity index (χ3v) is 3.24. The van der Waals surface area contributed by atoms with E-state index in [0.717, 1.165) is 5.56 Å². The number of carbonyl (C=O) groups is 1. The van der Waals surface area contributed by atoms with E-state index in [-0.39, 0.29) is 31.5 Å². The molecule has 0 N–H and O–H groups in total. The monoisotopic (exact) mass is 328 g/mol. The topological polar surface area (TPSA) is 62.6 Å². The Labute approximate surface area is 139 Å². The van der Waals surface area contributed by atoms with Gasteiger partial charge in [-0.3, -0.25) is 4.79 Å². The quantitative estimate of drug-likeness (QED) is 0.733. The fraction of sp³-hybridized carbons (Fsp3) is 0.222. The van der Waals surface area contributed by atoms with Gasteiger partial charge in [-0.25, -0.2) is 4.39 Å². The van der Waals surface area contributed by atoms with Crippen LogP contribution in [0.1, 0.15) is 5.56 Å². The first-order valence-electron chi connectivity index (χ1n) is 7.30. The minimum absolute atomic E-state index is 0.00487. The van der Waals surface area contributed by atoms with Gasteiger partial charge in [-0.15, -0.1) is 0 Å². The number of nitriles is 1. The van der Waals surface area contributed by atoms with Crippen molar-refractivity contribution >= 4 is 5.91 Å². The van der Waals surface area contributed by atoms with Gasteiger partial charge in [0.15, 0.2) is 18.1 Å². The summed E-state index contributed by atoms with van der Waals surface area (Å²) in [6.07, 6.45) is 0. The Balaban J connectivity index is 1.96. The Kier molecular flexibility index (Phi) is 6.15. The molecule has 0 aromatic heterocycles. The number of hydrogen-bond acceptors (Lipinski definition) is 4. The lowest BCUT2D eigenvalue weighted by Crippen LogP contribution is -2.31. The van der Waals surface area contributed by atoms with Gasteiger partial charge >= 0.3 is 0 Å². The van der Waals surface area contributed by atoms with Crippen molar-refractivity contribution in [2.75, 3.05) is 20.2 Å². The summed E-state index contributed by atoms with van der Waals surface area (Å²) in [5.74, 6) is 0.309. The van der Waals surface area contributed by atoms with Crippen LogP contribution in [0, 0.1) is 17.1 Å². The molecule has 2 aromatic rings. The number of ether oxygens (including phenoxy) is 2. The molecular formula is C18H17FN2O3. The highest BCUT2D eigenvalue weighted by Gasteiger charge is 2.11. The smallest absolute Gasteiger partial charge is 0.261 e. The molecule has 0 atom stereocenters. The molecule has 0 aliphatic carbocycles. The summed E-state index contributed by atoms with van der Waals surface area (Å²) in [5, 5.41) is 8.58. The number of amides is 1. The molecule has 2 rings (SSSR count). The predicted octanol–water partition coefficient (Wildman–Crippen LogP) is 2.77. The summed E-state index contributed by atoms with van der Waals surface area (Å²) >= 11 is 0. The van der Waals surface area contributed by atoms with Gasteiger partial charge in [0, 0.05) is 7.05 Å². The van der Waals surface area contributed by atoms with E-state index in [1.807, 2.05) is 6.07 Å². The van der Waals surface area contributed by atoms with Gasteiger partial charge in [-0.1, -0.05) is 24.3 Å². The molecule has 0 unspecified atom stereocenters. The van der Waals surface area contributed by atoms with E-state index < -0.39 is 0 Å². The van der Waals surface area contributed by atoms with E-state index in [9.17, 15) is 9.18 Å². The largest absolute Gasteiger partial charge is 0.485 e. The van der Waals surface area contributed by atoms with Gasteiger partial charge in [0.05, 0.1) is 6.07 Å². The van der Waals surface area contributed by atoms with E-state index in [1.54, 1.807) is 36.4 Å². The second-order valence-corrected chi connectivity index (χ2v) is 5.06. The van der Waals surface area contributed by atoms with E-state index in [0.29, 0.717) is 11.5 Å². The minimum Gasteiger partial charge on any atom is -0.485 e. The highest BCUT2D eigenvalue weighted by Crippen LogP contribution is 2.27. The highest BCUT2D eigenvalue weighted by atomic mass is 19.1. The van der Waals surface area contributed by atoms with Crippen LogP contribution in [0.25, 0.3) is 0 Å². The summed E-state index contributed by atoms with van der Waals surface area (Å²) in [5.41, 5.74) is 0.816. The van der Waals surface area contributed by atoms with Crippen LogP contribution < -0.4 is 9.47 Å². The van der Waals surface area contributed by atoms with Gasteiger partial charge in [0.25, 0.3) is 5.91 Å². The zero-order valence-corrected chi connectivity index (χ0v) is 13.2. The third kappa shape index (κ3) is 4.99. The maximum Gasteiger partial charge on any atom is 0.261 e. The Morgan fingerprint density at radius 1 is 1.12 bits per heavy atom. The summed E-state index contributed by atoms with van der Waals surface area (Å²) in [4.78, 5) is 13.1. The van der Waals surface area contributed by atoms with Crippen LogP contribution in [-0.4, -0.2) is 31.0 Å². The normalized spacial score (nSPS) is 9.88. The number of para-hydroxylation sites is 2. The average molecular weight is 328 g/mol. The molecule has 124 valence electrons. The minimum atomic E-state index is -0.303. The summed E-state index contributed by atoms with van der Waals surface area (Å²) in [6, 6.07) is 14.9. The van der Waals surface area contributed by atoms with Crippen LogP contribution >= 0.6 is 0 Å².